The maximum absolute atomic E-state index is 11.1. The van der Waals surface area contributed by atoms with E-state index in [9.17, 15) is 4.79 Å². The minimum absolute atomic E-state index is 0.00711. The Morgan fingerprint density at radius 3 is 2.67 bits per heavy atom. The standard InChI is InChI=1S/C13H18ClNO3/c1-8(2)12(13(16)17)15-7-9-6-10(14)4-5-11(9)18-3/h4-6,8,12,15H,7H2,1-3H3,(H,16,17)/t12-/m1/s1. The number of methoxy groups -OCH3 is 1. The lowest BCUT2D eigenvalue weighted by atomic mass is 10.0. The van der Waals surface area contributed by atoms with Crippen LogP contribution in [0.25, 0.3) is 0 Å². The van der Waals surface area contributed by atoms with E-state index in [4.69, 9.17) is 21.4 Å². The van der Waals surface area contributed by atoms with Gasteiger partial charge in [-0.3, -0.25) is 10.1 Å². The van der Waals surface area contributed by atoms with Crippen molar-refractivity contribution in [3.8, 4) is 5.75 Å². The minimum atomic E-state index is -0.856. The average Bonchev–Trinajstić information content (AvgIpc) is 2.28. The van der Waals surface area contributed by atoms with E-state index >= 15 is 0 Å². The molecule has 0 fully saturated rings. The number of nitrogens with one attached hydrogen (secondary N) is 1. The third-order valence-corrected chi connectivity index (χ3v) is 2.92. The van der Waals surface area contributed by atoms with Crippen LogP contribution in [0.5, 0.6) is 5.75 Å². The molecule has 0 aliphatic carbocycles. The highest BCUT2D eigenvalue weighted by molar-refractivity contribution is 6.30. The summed E-state index contributed by atoms with van der Waals surface area (Å²) in [4.78, 5) is 11.1. The van der Waals surface area contributed by atoms with E-state index in [-0.39, 0.29) is 5.92 Å². The molecule has 2 N–H and O–H groups in total. The van der Waals surface area contributed by atoms with Crippen molar-refractivity contribution in [3.05, 3.63) is 28.8 Å². The lowest BCUT2D eigenvalue weighted by Crippen LogP contribution is -2.40. The fourth-order valence-corrected chi connectivity index (χ4v) is 1.91. The summed E-state index contributed by atoms with van der Waals surface area (Å²) in [6.45, 7) is 4.13. The van der Waals surface area contributed by atoms with Crippen LogP contribution < -0.4 is 10.1 Å². The summed E-state index contributed by atoms with van der Waals surface area (Å²) >= 11 is 5.91. The van der Waals surface area contributed by atoms with E-state index in [0.717, 1.165) is 5.56 Å². The predicted octanol–water partition coefficient (Wildman–Crippen LogP) is 2.55. The Labute approximate surface area is 112 Å². The van der Waals surface area contributed by atoms with Crippen LogP contribution in [0.3, 0.4) is 0 Å². The number of aliphatic carboxylic acids is 1. The molecular weight excluding hydrogens is 254 g/mol. The minimum Gasteiger partial charge on any atom is -0.496 e. The van der Waals surface area contributed by atoms with Gasteiger partial charge in [0.05, 0.1) is 7.11 Å². The molecule has 0 spiro atoms. The molecule has 0 amide bonds. The van der Waals surface area contributed by atoms with Crippen molar-refractivity contribution in [1.29, 1.82) is 0 Å². The Morgan fingerprint density at radius 1 is 1.50 bits per heavy atom. The maximum atomic E-state index is 11.1. The van der Waals surface area contributed by atoms with Gasteiger partial charge in [-0.25, -0.2) is 0 Å². The third-order valence-electron chi connectivity index (χ3n) is 2.69. The summed E-state index contributed by atoms with van der Waals surface area (Å²) in [5.74, 6) is -0.154. The topological polar surface area (TPSA) is 58.6 Å². The highest BCUT2D eigenvalue weighted by Crippen LogP contribution is 2.22. The van der Waals surface area contributed by atoms with Crippen molar-refractivity contribution in [2.45, 2.75) is 26.4 Å². The molecule has 1 aromatic carbocycles. The normalized spacial score (nSPS) is 12.5. The third kappa shape index (κ3) is 3.89. The van der Waals surface area contributed by atoms with E-state index in [1.807, 2.05) is 13.8 Å². The van der Waals surface area contributed by atoms with Gasteiger partial charge >= 0.3 is 5.97 Å². The molecule has 0 aliphatic rings. The first-order valence-corrected chi connectivity index (χ1v) is 6.12. The van der Waals surface area contributed by atoms with E-state index in [0.29, 0.717) is 17.3 Å². The molecule has 0 saturated carbocycles. The van der Waals surface area contributed by atoms with Crippen molar-refractivity contribution in [2.75, 3.05) is 7.11 Å². The summed E-state index contributed by atoms with van der Waals surface area (Å²) in [7, 11) is 1.57. The quantitative estimate of drug-likeness (QED) is 0.835. The molecule has 0 bridgehead atoms. The zero-order chi connectivity index (χ0) is 13.7. The average molecular weight is 272 g/mol. The van der Waals surface area contributed by atoms with Crippen LogP contribution in [0.1, 0.15) is 19.4 Å². The molecule has 0 heterocycles. The van der Waals surface area contributed by atoms with Crippen LogP contribution >= 0.6 is 11.6 Å². The molecule has 18 heavy (non-hydrogen) atoms. The number of ether oxygens (including phenoxy) is 1. The Bertz CT molecular complexity index is 421. The second-order valence-electron chi connectivity index (χ2n) is 4.40. The molecular formula is C13H18ClNO3. The SMILES string of the molecule is COc1ccc(Cl)cc1CN[C@@H](C(=O)O)C(C)C. The summed E-state index contributed by atoms with van der Waals surface area (Å²) in [5, 5.41) is 12.7. The lowest BCUT2D eigenvalue weighted by Gasteiger charge is -2.19. The molecule has 1 aromatic rings. The van der Waals surface area contributed by atoms with Gasteiger partial charge < -0.3 is 9.84 Å². The van der Waals surface area contributed by atoms with Gasteiger partial charge in [-0.15, -0.1) is 0 Å². The molecule has 1 atom stereocenters. The van der Waals surface area contributed by atoms with Crippen LogP contribution in [0.15, 0.2) is 18.2 Å². The Hall–Kier alpha value is -1.26. The van der Waals surface area contributed by atoms with Gasteiger partial charge in [0.2, 0.25) is 0 Å². The molecule has 100 valence electrons. The monoisotopic (exact) mass is 271 g/mol. The van der Waals surface area contributed by atoms with Crippen LogP contribution in [-0.2, 0) is 11.3 Å². The summed E-state index contributed by atoms with van der Waals surface area (Å²) in [5.41, 5.74) is 0.844. The number of carboxylic acid groups (broad SMARTS) is 1. The van der Waals surface area contributed by atoms with E-state index in [1.54, 1.807) is 25.3 Å². The van der Waals surface area contributed by atoms with Crippen molar-refractivity contribution in [1.82, 2.24) is 5.32 Å². The maximum Gasteiger partial charge on any atom is 0.320 e. The molecule has 0 radical (unpaired) electrons. The van der Waals surface area contributed by atoms with Crippen molar-refractivity contribution in [3.63, 3.8) is 0 Å². The number of halogens is 1. The first-order valence-electron chi connectivity index (χ1n) is 5.74. The number of hydrogen-bond acceptors (Lipinski definition) is 3. The van der Waals surface area contributed by atoms with Gasteiger partial charge in [-0.2, -0.15) is 0 Å². The summed E-state index contributed by atoms with van der Waals surface area (Å²) < 4.78 is 5.21. The highest BCUT2D eigenvalue weighted by Gasteiger charge is 2.20. The van der Waals surface area contributed by atoms with Crippen molar-refractivity contribution < 1.29 is 14.6 Å². The zero-order valence-corrected chi connectivity index (χ0v) is 11.5. The van der Waals surface area contributed by atoms with Crippen molar-refractivity contribution >= 4 is 17.6 Å². The van der Waals surface area contributed by atoms with Gasteiger partial charge in [0, 0.05) is 17.1 Å². The Kier molecular flexibility index (Phi) is 5.44. The Morgan fingerprint density at radius 2 is 2.17 bits per heavy atom. The number of carbonyl (C=O) groups is 1. The predicted molar refractivity (Wildman–Crippen MR) is 71.1 cm³/mol. The fourth-order valence-electron chi connectivity index (χ4n) is 1.71. The first-order chi connectivity index (χ1) is 8.45. The number of hydrogen-bond donors (Lipinski definition) is 2. The molecule has 1 rings (SSSR count). The Balaban J connectivity index is 2.78. The number of carboxylic acids is 1. The molecule has 0 aliphatic heterocycles. The first kappa shape index (κ1) is 14.8. The second kappa shape index (κ2) is 6.61. The summed E-state index contributed by atoms with van der Waals surface area (Å²) in [6, 6.07) is 4.69. The lowest BCUT2D eigenvalue weighted by molar-refractivity contribution is -0.140. The molecule has 4 nitrogen and oxygen atoms in total. The van der Waals surface area contributed by atoms with E-state index in [2.05, 4.69) is 5.32 Å². The molecule has 0 aromatic heterocycles. The van der Waals surface area contributed by atoms with Crippen molar-refractivity contribution in [2.24, 2.45) is 5.92 Å². The van der Waals surface area contributed by atoms with Gasteiger partial charge in [0.1, 0.15) is 11.8 Å². The van der Waals surface area contributed by atoms with Gasteiger partial charge in [-0.1, -0.05) is 25.4 Å². The van der Waals surface area contributed by atoms with Gasteiger partial charge in [-0.05, 0) is 24.1 Å². The van der Waals surface area contributed by atoms with Crippen LogP contribution in [-0.4, -0.2) is 24.2 Å². The largest absolute Gasteiger partial charge is 0.496 e. The molecule has 0 saturated heterocycles. The van der Waals surface area contributed by atoms with Gasteiger partial charge in [0.25, 0.3) is 0 Å². The van der Waals surface area contributed by atoms with Crippen LogP contribution in [0, 0.1) is 5.92 Å². The van der Waals surface area contributed by atoms with Crippen LogP contribution in [0.2, 0.25) is 5.02 Å². The van der Waals surface area contributed by atoms with E-state index in [1.165, 1.54) is 0 Å². The molecule has 0 unspecified atom stereocenters. The van der Waals surface area contributed by atoms with Crippen LogP contribution in [0.4, 0.5) is 0 Å². The second-order valence-corrected chi connectivity index (χ2v) is 4.83. The summed E-state index contributed by atoms with van der Waals surface area (Å²) in [6.07, 6.45) is 0. The zero-order valence-electron chi connectivity index (χ0n) is 10.7. The number of rotatable bonds is 6. The highest BCUT2D eigenvalue weighted by atomic mass is 35.5. The smallest absolute Gasteiger partial charge is 0.320 e. The van der Waals surface area contributed by atoms with Gasteiger partial charge in [0.15, 0.2) is 0 Å². The fraction of sp³-hybridized carbons (Fsp3) is 0.462. The number of benzene rings is 1. The molecule has 5 heteroatoms. The van der Waals surface area contributed by atoms with E-state index < -0.39 is 12.0 Å².